The van der Waals surface area contributed by atoms with E-state index in [2.05, 4.69) is 0 Å². The topological polar surface area (TPSA) is 76.0 Å². The van der Waals surface area contributed by atoms with Crippen LogP contribution in [-0.2, 0) is 9.53 Å². The summed E-state index contributed by atoms with van der Waals surface area (Å²) in [5.74, 6) is 1.41. The summed E-state index contributed by atoms with van der Waals surface area (Å²) >= 11 is 0. The number of hydrogen-bond donors (Lipinski definition) is 2. The lowest BCUT2D eigenvalue weighted by molar-refractivity contribution is -0.146. The van der Waals surface area contributed by atoms with Gasteiger partial charge in [-0.05, 0) is 84.0 Å². The maximum atomic E-state index is 12.5. The van der Waals surface area contributed by atoms with Crippen molar-refractivity contribution in [3.8, 4) is 28.4 Å². The number of hydrogen-bond acceptors (Lipinski definition) is 5. The number of methoxy groups -OCH3 is 1. The van der Waals surface area contributed by atoms with Crippen LogP contribution in [0.3, 0.4) is 0 Å². The lowest BCUT2D eigenvalue weighted by atomic mass is 9.62. The van der Waals surface area contributed by atoms with Crippen molar-refractivity contribution in [3.05, 3.63) is 47.5 Å². The summed E-state index contributed by atoms with van der Waals surface area (Å²) in [7, 11) is 1.53. The number of carbonyl (C=O) groups excluding carboxylic acids is 1. The van der Waals surface area contributed by atoms with Crippen LogP contribution in [0, 0.1) is 11.8 Å². The molecule has 2 N–H and O–H groups in total. The molecule has 0 saturated heterocycles. The molecule has 3 aliphatic rings. The fourth-order valence-corrected chi connectivity index (χ4v) is 5.93. The van der Waals surface area contributed by atoms with Gasteiger partial charge in [0.25, 0.3) is 0 Å². The van der Waals surface area contributed by atoms with Gasteiger partial charge in [-0.3, -0.25) is 0 Å². The summed E-state index contributed by atoms with van der Waals surface area (Å²) in [6, 6.07) is 8.90. The highest BCUT2D eigenvalue weighted by molar-refractivity contribution is 5.88. The highest BCUT2D eigenvalue weighted by atomic mass is 16.5. The van der Waals surface area contributed by atoms with Crippen LogP contribution < -0.4 is 4.74 Å². The summed E-state index contributed by atoms with van der Waals surface area (Å²) in [6.07, 6.45) is 9.34. The fourth-order valence-electron chi connectivity index (χ4n) is 5.93. The Kier molecular flexibility index (Phi) is 5.12. The second-order valence-electron chi connectivity index (χ2n) is 9.07. The normalized spacial score (nSPS) is 27.2. The first-order chi connectivity index (χ1) is 15.0. The van der Waals surface area contributed by atoms with E-state index in [1.807, 2.05) is 12.1 Å². The van der Waals surface area contributed by atoms with Gasteiger partial charge in [0, 0.05) is 11.6 Å². The number of carbonyl (C=O) groups is 1. The molecular formula is C26H28O5. The highest BCUT2D eigenvalue weighted by Gasteiger charge is 2.42. The maximum Gasteiger partial charge on any atom is 0.331 e. The third kappa shape index (κ3) is 3.67. The number of rotatable bonds is 1. The Balaban J connectivity index is 1.75. The van der Waals surface area contributed by atoms with E-state index in [1.165, 1.54) is 26.0 Å². The molecule has 2 aliphatic carbocycles. The van der Waals surface area contributed by atoms with Crippen molar-refractivity contribution in [2.75, 3.05) is 7.11 Å². The van der Waals surface area contributed by atoms with Crippen molar-refractivity contribution in [2.45, 2.75) is 50.5 Å². The van der Waals surface area contributed by atoms with Gasteiger partial charge in [-0.1, -0.05) is 25.3 Å². The SMILES string of the molecule is COc1cc2c(cc1O)[C@H]1C[C@H](C[C@@H]3CCCC[C@H]31)OC(=O)C=Cc1ccc(O)c-2c1. The van der Waals surface area contributed by atoms with E-state index in [4.69, 9.17) is 9.47 Å². The van der Waals surface area contributed by atoms with Crippen LogP contribution in [0.25, 0.3) is 17.2 Å². The number of phenols is 2. The van der Waals surface area contributed by atoms with Crippen molar-refractivity contribution in [3.63, 3.8) is 0 Å². The van der Waals surface area contributed by atoms with E-state index in [9.17, 15) is 15.0 Å². The van der Waals surface area contributed by atoms with Crippen molar-refractivity contribution in [1.82, 2.24) is 0 Å². The van der Waals surface area contributed by atoms with Crippen LogP contribution in [0.1, 0.15) is 55.6 Å². The smallest absolute Gasteiger partial charge is 0.331 e. The Morgan fingerprint density at radius 3 is 2.65 bits per heavy atom. The number of aromatic hydroxyl groups is 2. The minimum Gasteiger partial charge on any atom is -0.507 e. The van der Waals surface area contributed by atoms with E-state index < -0.39 is 0 Å². The molecule has 5 rings (SSSR count). The van der Waals surface area contributed by atoms with Gasteiger partial charge in [0.2, 0.25) is 0 Å². The van der Waals surface area contributed by atoms with E-state index in [0.29, 0.717) is 23.1 Å². The third-order valence-electron chi connectivity index (χ3n) is 7.32. The first kappa shape index (κ1) is 20.0. The van der Waals surface area contributed by atoms with Crippen LogP contribution in [0.2, 0.25) is 0 Å². The molecule has 31 heavy (non-hydrogen) atoms. The molecule has 4 bridgehead atoms. The van der Waals surface area contributed by atoms with E-state index in [0.717, 1.165) is 42.4 Å². The standard InChI is InChI=1S/C26H28O5/c1-30-25-14-21-20(13-24(25)28)19-12-17(11-16-4-2-3-5-18(16)19)31-26(29)9-7-15-6-8-23(27)22(21)10-15/h6-10,13-14,16-19,27-28H,2-5,11-12H2,1H3/t16-,17-,18+,19-/m0/s1. The van der Waals surface area contributed by atoms with Crippen molar-refractivity contribution in [1.29, 1.82) is 0 Å². The van der Waals surface area contributed by atoms with Crippen molar-refractivity contribution in [2.24, 2.45) is 11.8 Å². The molecule has 2 aromatic carbocycles. The van der Waals surface area contributed by atoms with Gasteiger partial charge in [0.05, 0.1) is 7.11 Å². The average Bonchev–Trinajstić information content (AvgIpc) is 2.77. The average molecular weight is 421 g/mol. The predicted molar refractivity (Wildman–Crippen MR) is 118 cm³/mol. The molecule has 0 amide bonds. The minimum atomic E-state index is -0.328. The zero-order valence-electron chi connectivity index (χ0n) is 17.7. The number of esters is 1. The summed E-state index contributed by atoms with van der Waals surface area (Å²) in [6.45, 7) is 0. The summed E-state index contributed by atoms with van der Waals surface area (Å²) in [5.41, 5.74) is 3.33. The molecule has 2 fully saturated rings. The Morgan fingerprint density at radius 1 is 0.968 bits per heavy atom. The van der Waals surface area contributed by atoms with Gasteiger partial charge in [-0.2, -0.15) is 0 Å². The molecule has 0 spiro atoms. The first-order valence-corrected chi connectivity index (χ1v) is 11.2. The number of fused-ring (bicyclic) bond motifs is 9. The highest BCUT2D eigenvalue weighted by Crippen LogP contribution is 2.53. The van der Waals surface area contributed by atoms with Gasteiger partial charge in [0.15, 0.2) is 11.5 Å². The maximum absolute atomic E-state index is 12.5. The molecular weight excluding hydrogens is 392 g/mol. The molecule has 0 aromatic heterocycles. The van der Waals surface area contributed by atoms with E-state index in [-0.39, 0.29) is 29.5 Å². The minimum absolute atomic E-state index is 0.0929. The monoisotopic (exact) mass is 420 g/mol. The number of ether oxygens (including phenoxy) is 2. The van der Waals surface area contributed by atoms with Crippen LogP contribution in [0.4, 0.5) is 0 Å². The van der Waals surface area contributed by atoms with Crippen LogP contribution >= 0.6 is 0 Å². The number of phenolic OH excluding ortho intramolecular Hbond substituents is 2. The zero-order chi connectivity index (χ0) is 21.5. The predicted octanol–water partition coefficient (Wildman–Crippen LogP) is 5.40. The van der Waals surface area contributed by atoms with Gasteiger partial charge in [-0.25, -0.2) is 4.79 Å². The molecule has 0 unspecified atom stereocenters. The van der Waals surface area contributed by atoms with Crippen LogP contribution in [-0.4, -0.2) is 29.4 Å². The number of benzene rings is 2. The van der Waals surface area contributed by atoms with Gasteiger partial charge in [0.1, 0.15) is 11.9 Å². The fraction of sp³-hybridized carbons (Fsp3) is 0.423. The molecule has 5 nitrogen and oxygen atoms in total. The summed E-state index contributed by atoms with van der Waals surface area (Å²) in [4.78, 5) is 12.5. The van der Waals surface area contributed by atoms with Crippen molar-refractivity contribution >= 4 is 12.0 Å². The molecule has 5 heteroatoms. The van der Waals surface area contributed by atoms with Crippen LogP contribution in [0.15, 0.2) is 36.4 Å². The summed E-state index contributed by atoms with van der Waals surface area (Å²) < 4.78 is 11.3. The van der Waals surface area contributed by atoms with Crippen LogP contribution in [0.5, 0.6) is 17.2 Å². The lowest BCUT2D eigenvalue weighted by Gasteiger charge is -2.45. The Morgan fingerprint density at radius 2 is 1.81 bits per heavy atom. The Hall–Kier alpha value is -2.95. The van der Waals surface area contributed by atoms with Crippen molar-refractivity contribution < 1.29 is 24.5 Å². The molecule has 1 aliphatic heterocycles. The lowest BCUT2D eigenvalue weighted by Crippen LogP contribution is -2.38. The quantitative estimate of drug-likeness (QED) is 0.605. The third-order valence-corrected chi connectivity index (χ3v) is 7.32. The second-order valence-corrected chi connectivity index (χ2v) is 9.07. The second kappa shape index (κ2) is 7.95. The first-order valence-electron chi connectivity index (χ1n) is 11.2. The van der Waals surface area contributed by atoms with Gasteiger partial charge in [-0.15, -0.1) is 0 Å². The molecule has 1 heterocycles. The molecule has 0 radical (unpaired) electrons. The largest absolute Gasteiger partial charge is 0.507 e. The van der Waals surface area contributed by atoms with E-state index in [1.54, 1.807) is 24.3 Å². The molecule has 162 valence electrons. The zero-order valence-corrected chi connectivity index (χ0v) is 17.7. The molecule has 2 saturated carbocycles. The Bertz CT molecular complexity index is 1040. The Labute approximate surface area is 182 Å². The van der Waals surface area contributed by atoms with Gasteiger partial charge >= 0.3 is 5.97 Å². The molecule has 2 aromatic rings. The summed E-state index contributed by atoms with van der Waals surface area (Å²) in [5, 5.41) is 21.4. The van der Waals surface area contributed by atoms with E-state index >= 15 is 0 Å². The molecule has 4 atom stereocenters. The van der Waals surface area contributed by atoms with Gasteiger partial charge < -0.3 is 19.7 Å².